The third-order valence-electron chi connectivity index (χ3n) is 7.43. The molecule has 8 heteroatoms. The number of hydrogen-bond acceptors (Lipinski definition) is 6. The summed E-state index contributed by atoms with van der Waals surface area (Å²) in [5, 5.41) is 0.614. The molecule has 1 aliphatic carbocycles. The van der Waals surface area contributed by atoms with E-state index in [-0.39, 0.29) is 24.1 Å². The van der Waals surface area contributed by atoms with Gasteiger partial charge in [-0.25, -0.2) is 14.2 Å². The fourth-order valence-corrected chi connectivity index (χ4v) is 5.85. The van der Waals surface area contributed by atoms with E-state index in [0.29, 0.717) is 23.2 Å². The number of esters is 1. The number of fused-ring (bicyclic) bond motifs is 2. The topological polar surface area (TPSA) is 87.1 Å². The zero-order valence-electron chi connectivity index (χ0n) is 22.3. The van der Waals surface area contributed by atoms with Gasteiger partial charge in [0.25, 0.3) is 5.91 Å². The van der Waals surface area contributed by atoms with Crippen LogP contribution in [0.2, 0.25) is 0 Å². The van der Waals surface area contributed by atoms with Gasteiger partial charge in [0, 0.05) is 11.9 Å². The molecule has 200 valence electrons. The molecule has 2 fully saturated rings. The van der Waals surface area contributed by atoms with Gasteiger partial charge in [0.05, 0.1) is 12.6 Å². The average molecular weight is 519 g/mol. The molecule has 1 aromatic heterocycles. The van der Waals surface area contributed by atoms with Crippen molar-refractivity contribution in [3.8, 4) is 5.75 Å². The van der Waals surface area contributed by atoms with Crippen LogP contribution in [0.5, 0.6) is 5.75 Å². The van der Waals surface area contributed by atoms with Crippen molar-refractivity contribution >= 4 is 28.9 Å². The minimum Gasteiger partial charge on any atom is -0.496 e. The van der Waals surface area contributed by atoms with Crippen LogP contribution in [-0.4, -0.2) is 52.7 Å². The molecule has 0 unspecified atom stereocenters. The van der Waals surface area contributed by atoms with E-state index in [9.17, 15) is 14.4 Å². The average Bonchev–Trinajstić information content (AvgIpc) is 3.59. The first-order valence-corrected chi connectivity index (χ1v) is 13.1. The van der Waals surface area contributed by atoms with Crippen molar-refractivity contribution in [2.45, 2.75) is 58.3 Å². The van der Waals surface area contributed by atoms with Crippen LogP contribution < -0.4 is 4.74 Å². The van der Waals surface area contributed by atoms with Gasteiger partial charge < -0.3 is 19.1 Å². The maximum Gasteiger partial charge on any atom is 0.419 e. The van der Waals surface area contributed by atoms with Crippen LogP contribution in [0.15, 0.2) is 54.6 Å². The lowest BCUT2D eigenvalue weighted by Gasteiger charge is -2.30. The van der Waals surface area contributed by atoms with Crippen LogP contribution in [0.1, 0.15) is 56.1 Å². The van der Waals surface area contributed by atoms with Crippen molar-refractivity contribution in [3.05, 3.63) is 65.9 Å². The van der Waals surface area contributed by atoms with Crippen molar-refractivity contribution in [2.24, 2.45) is 11.8 Å². The molecule has 0 N–H and O–H groups in total. The van der Waals surface area contributed by atoms with Crippen molar-refractivity contribution < 1.29 is 28.6 Å². The number of benzene rings is 2. The van der Waals surface area contributed by atoms with E-state index in [1.807, 2.05) is 51.1 Å². The molecule has 0 bridgehead atoms. The first-order valence-electron chi connectivity index (χ1n) is 13.1. The molecule has 38 heavy (non-hydrogen) atoms. The number of carbonyl (C=O) groups is 3. The van der Waals surface area contributed by atoms with Gasteiger partial charge in [-0.3, -0.25) is 4.79 Å². The van der Waals surface area contributed by atoms with Crippen molar-refractivity contribution in [1.29, 1.82) is 0 Å². The highest BCUT2D eigenvalue weighted by Gasteiger charge is 2.51. The van der Waals surface area contributed by atoms with Crippen LogP contribution >= 0.6 is 0 Å². The summed E-state index contributed by atoms with van der Waals surface area (Å²) < 4.78 is 18.2. The van der Waals surface area contributed by atoms with Crippen LogP contribution in [0.4, 0.5) is 4.79 Å². The Morgan fingerprint density at radius 3 is 2.47 bits per heavy atom. The molecule has 2 aromatic carbocycles. The third-order valence-corrected chi connectivity index (χ3v) is 7.43. The van der Waals surface area contributed by atoms with Crippen LogP contribution in [-0.2, 0) is 20.9 Å². The Bertz CT molecular complexity index is 1360. The van der Waals surface area contributed by atoms with Gasteiger partial charge in [0.2, 0.25) is 0 Å². The molecule has 5 rings (SSSR count). The first-order chi connectivity index (χ1) is 18.2. The van der Waals surface area contributed by atoms with E-state index in [1.165, 1.54) is 4.57 Å². The standard InChI is InChI=1S/C30H34N2O6/c1-30(2,3)38-28(34)26-21-13-8-12-20(21)17-31(26)27(33)24-16-22-23(14-9-15-25(22)36-4)32(24)29(35)37-18-19-10-6-5-7-11-19/h5-7,9-11,14-16,20-21,26H,8,12-13,17-18H2,1-4H3/t20-,21-,26-/m0/s1. The second kappa shape index (κ2) is 10.2. The second-order valence-electron chi connectivity index (χ2n) is 11.1. The van der Waals surface area contributed by atoms with Crippen LogP contribution in [0.25, 0.3) is 10.9 Å². The van der Waals surface area contributed by atoms with Gasteiger partial charge in [-0.2, -0.15) is 0 Å². The molecule has 3 aromatic rings. The molecule has 1 saturated carbocycles. The molecule has 3 atom stereocenters. The monoisotopic (exact) mass is 518 g/mol. The molecular weight excluding hydrogens is 484 g/mol. The smallest absolute Gasteiger partial charge is 0.419 e. The van der Waals surface area contributed by atoms with E-state index in [0.717, 1.165) is 24.8 Å². The Hall–Kier alpha value is -3.81. The Labute approximate surface area is 222 Å². The molecule has 1 amide bonds. The summed E-state index contributed by atoms with van der Waals surface area (Å²) in [5.41, 5.74) is 0.793. The number of likely N-dealkylation sites (tertiary alicyclic amines) is 1. The minimum absolute atomic E-state index is 0.0474. The van der Waals surface area contributed by atoms with E-state index in [4.69, 9.17) is 14.2 Å². The Morgan fingerprint density at radius 2 is 1.76 bits per heavy atom. The van der Waals surface area contributed by atoms with Crippen molar-refractivity contribution in [1.82, 2.24) is 9.47 Å². The Balaban J connectivity index is 1.53. The van der Waals surface area contributed by atoms with Crippen molar-refractivity contribution in [2.75, 3.05) is 13.7 Å². The van der Waals surface area contributed by atoms with Gasteiger partial charge in [-0.1, -0.05) is 42.8 Å². The fraction of sp³-hybridized carbons (Fsp3) is 0.433. The van der Waals surface area contributed by atoms with E-state index in [1.54, 1.807) is 36.3 Å². The number of ether oxygens (including phenoxy) is 3. The normalized spacial score (nSPS) is 20.8. The van der Waals surface area contributed by atoms with E-state index < -0.39 is 29.6 Å². The number of rotatable bonds is 5. The zero-order valence-corrected chi connectivity index (χ0v) is 22.3. The number of carbonyl (C=O) groups excluding carboxylic acids is 3. The minimum atomic E-state index is -0.692. The van der Waals surface area contributed by atoms with Gasteiger partial charge in [-0.05, 0) is 69.2 Å². The molecule has 0 radical (unpaired) electrons. The van der Waals surface area contributed by atoms with E-state index >= 15 is 0 Å². The zero-order chi connectivity index (χ0) is 27.0. The third kappa shape index (κ3) is 4.87. The van der Waals surface area contributed by atoms with Crippen LogP contribution in [0.3, 0.4) is 0 Å². The highest BCUT2D eigenvalue weighted by atomic mass is 16.6. The highest BCUT2D eigenvalue weighted by Crippen LogP contribution is 2.44. The first kappa shape index (κ1) is 25.8. The maximum absolute atomic E-state index is 14.2. The molecule has 1 aliphatic heterocycles. The highest BCUT2D eigenvalue weighted by molar-refractivity contribution is 6.06. The summed E-state index contributed by atoms with van der Waals surface area (Å²) in [4.78, 5) is 42.6. The van der Waals surface area contributed by atoms with Gasteiger partial charge in [-0.15, -0.1) is 0 Å². The largest absolute Gasteiger partial charge is 0.496 e. The predicted molar refractivity (Wildman–Crippen MR) is 142 cm³/mol. The molecule has 8 nitrogen and oxygen atoms in total. The summed E-state index contributed by atoms with van der Waals surface area (Å²) in [6, 6.07) is 15.6. The molecule has 1 saturated heterocycles. The Kier molecular flexibility index (Phi) is 6.90. The van der Waals surface area contributed by atoms with Gasteiger partial charge in [0.1, 0.15) is 29.7 Å². The van der Waals surface area contributed by atoms with Gasteiger partial charge >= 0.3 is 12.1 Å². The predicted octanol–water partition coefficient (Wildman–Crippen LogP) is 5.42. The maximum atomic E-state index is 14.2. The van der Waals surface area contributed by atoms with Crippen molar-refractivity contribution in [3.63, 3.8) is 0 Å². The number of nitrogens with zero attached hydrogens (tertiary/aromatic N) is 2. The van der Waals surface area contributed by atoms with Gasteiger partial charge in [0.15, 0.2) is 0 Å². The fourth-order valence-electron chi connectivity index (χ4n) is 5.85. The summed E-state index contributed by atoms with van der Waals surface area (Å²) >= 11 is 0. The number of hydrogen-bond donors (Lipinski definition) is 0. The summed E-state index contributed by atoms with van der Waals surface area (Å²) in [7, 11) is 1.54. The molecular formula is C30H34N2O6. The lowest BCUT2D eigenvalue weighted by molar-refractivity contribution is -0.160. The summed E-state index contributed by atoms with van der Waals surface area (Å²) in [6.07, 6.45) is 2.19. The number of methoxy groups -OCH3 is 1. The molecule has 2 aliphatic rings. The number of amides is 1. The quantitative estimate of drug-likeness (QED) is 0.420. The lowest BCUT2D eigenvalue weighted by atomic mass is 9.94. The van der Waals surface area contributed by atoms with E-state index in [2.05, 4.69) is 0 Å². The molecule has 0 spiro atoms. The SMILES string of the molecule is COc1cccc2c1cc(C(=O)N1C[C@@H]3CCC[C@@H]3[C@H]1C(=O)OC(C)(C)C)n2C(=O)OCc1ccccc1. The Morgan fingerprint density at radius 1 is 1.00 bits per heavy atom. The molecule has 2 heterocycles. The second-order valence-corrected chi connectivity index (χ2v) is 11.1. The summed E-state index contributed by atoms with van der Waals surface area (Å²) in [6.45, 7) is 5.98. The summed E-state index contributed by atoms with van der Waals surface area (Å²) in [5.74, 6) is 0.0190. The number of aromatic nitrogens is 1. The lowest BCUT2D eigenvalue weighted by Crippen LogP contribution is -2.46. The van der Waals surface area contributed by atoms with Crippen LogP contribution in [0, 0.1) is 11.8 Å².